The molecule has 0 saturated carbocycles. The molecule has 0 spiro atoms. The van der Waals surface area contributed by atoms with Crippen LogP contribution in [0.25, 0.3) is 0 Å². The monoisotopic (exact) mass is 150 g/mol. The Kier molecular flexibility index (Phi) is 2.66. The highest BCUT2D eigenvalue weighted by Crippen LogP contribution is 2.04. The molecule has 0 bridgehead atoms. The Balaban J connectivity index is 2.93. The standard InChI is InChI=1S/C8H8BFO/c1-11-5-6-4-7(9)2-3-8(6)10/h2-4H,5H2,1H3. The molecule has 1 aromatic rings. The number of ether oxygens (including phenoxy) is 1. The SMILES string of the molecule is [B]c1ccc(F)c(COC)c1. The first-order valence-electron chi connectivity index (χ1n) is 3.27. The predicted octanol–water partition coefficient (Wildman–Crippen LogP) is 0.766. The van der Waals surface area contributed by atoms with Gasteiger partial charge in [0, 0.05) is 12.7 Å². The van der Waals surface area contributed by atoms with E-state index in [0.29, 0.717) is 11.0 Å². The Morgan fingerprint density at radius 1 is 1.55 bits per heavy atom. The molecule has 0 aromatic heterocycles. The van der Waals surface area contributed by atoms with Gasteiger partial charge >= 0.3 is 0 Å². The van der Waals surface area contributed by atoms with E-state index in [0.717, 1.165) is 0 Å². The van der Waals surface area contributed by atoms with Gasteiger partial charge in [-0.05, 0) is 6.07 Å². The minimum atomic E-state index is -0.277. The Hall–Kier alpha value is -0.825. The van der Waals surface area contributed by atoms with Crippen molar-refractivity contribution < 1.29 is 9.13 Å². The Morgan fingerprint density at radius 2 is 2.27 bits per heavy atom. The Bertz CT molecular complexity index is 250. The molecular weight excluding hydrogens is 142 g/mol. The fraction of sp³-hybridized carbons (Fsp3) is 0.250. The lowest BCUT2D eigenvalue weighted by Gasteiger charge is -2.02. The van der Waals surface area contributed by atoms with E-state index < -0.39 is 0 Å². The fourth-order valence-corrected chi connectivity index (χ4v) is 0.861. The summed E-state index contributed by atoms with van der Waals surface area (Å²) in [6.45, 7) is 0.261. The van der Waals surface area contributed by atoms with Crippen LogP contribution in [0.5, 0.6) is 0 Å². The van der Waals surface area contributed by atoms with Crippen LogP contribution in [0.3, 0.4) is 0 Å². The average Bonchev–Trinajstić information content (AvgIpc) is 1.98. The van der Waals surface area contributed by atoms with E-state index >= 15 is 0 Å². The summed E-state index contributed by atoms with van der Waals surface area (Å²) in [7, 11) is 6.95. The molecule has 2 radical (unpaired) electrons. The molecule has 3 heteroatoms. The lowest BCUT2D eigenvalue weighted by atomic mass is 9.94. The van der Waals surface area contributed by atoms with Crippen molar-refractivity contribution in [1.29, 1.82) is 0 Å². The number of methoxy groups -OCH3 is 1. The highest BCUT2D eigenvalue weighted by Gasteiger charge is 1.99. The molecule has 56 valence electrons. The van der Waals surface area contributed by atoms with Crippen LogP contribution >= 0.6 is 0 Å². The predicted molar refractivity (Wildman–Crippen MR) is 42.5 cm³/mol. The molecule has 0 amide bonds. The van der Waals surface area contributed by atoms with Crippen molar-refractivity contribution in [1.82, 2.24) is 0 Å². The summed E-state index contributed by atoms with van der Waals surface area (Å²) in [6, 6.07) is 4.43. The second-order valence-corrected chi connectivity index (χ2v) is 2.28. The Labute approximate surface area is 66.6 Å². The largest absolute Gasteiger partial charge is 0.380 e. The second kappa shape index (κ2) is 3.53. The molecule has 0 unspecified atom stereocenters. The van der Waals surface area contributed by atoms with Gasteiger partial charge in [0.25, 0.3) is 0 Å². The zero-order chi connectivity index (χ0) is 8.27. The van der Waals surface area contributed by atoms with E-state index in [1.165, 1.54) is 19.2 Å². The van der Waals surface area contributed by atoms with Crippen molar-refractivity contribution in [3.8, 4) is 0 Å². The van der Waals surface area contributed by atoms with Crippen LogP contribution in [0.1, 0.15) is 5.56 Å². The van der Waals surface area contributed by atoms with Crippen molar-refractivity contribution in [3.63, 3.8) is 0 Å². The molecule has 1 rings (SSSR count). The van der Waals surface area contributed by atoms with Crippen LogP contribution < -0.4 is 5.46 Å². The number of rotatable bonds is 2. The van der Waals surface area contributed by atoms with Gasteiger partial charge in [0.15, 0.2) is 0 Å². The minimum Gasteiger partial charge on any atom is -0.380 e. The molecule has 0 saturated heterocycles. The molecule has 0 aliphatic rings. The lowest BCUT2D eigenvalue weighted by Crippen LogP contribution is -2.05. The molecule has 0 atom stereocenters. The van der Waals surface area contributed by atoms with Gasteiger partial charge in [-0.3, -0.25) is 0 Å². The van der Waals surface area contributed by atoms with E-state index in [4.69, 9.17) is 12.6 Å². The quantitative estimate of drug-likeness (QED) is 0.565. The van der Waals surface area contributed by atoms with Crippen molar-refractivity contribution in [2.75, 3.05) is 7.11 Å². The highest BCUT2D eigenvalue weighted by molar-refractivity contribution is 6.32. The third kappa shape index (κ3) is 2.05. The van der Waals surface area contributed by atoms with Crippen LogP contribution in [0, 0.1) is 5.82 Å². The van der Waals surface area contributed by atoms with Crippen LogP contribution in [0.15, 0.2) is 18.2 Å². The van der Waals surface area contributed by atoms with Gasteiger partial charge in [0.2, 0.25) is 0 Å². The molecule has 0 fully saturated rings. The molecular formula is C8H8BFO. The van der Waals surface area contributed by atoms with Gasteiger partial charge in [-0.25, -0.2) is 4.39 Å². The first-order chi connectivity index (χ1) is 5.24. The maximum absolute atomic E-state index is 12.8. The van der Waals surface area contributed by atoms with Gasteiger partial charge in [-0.15, -0.1) is 0 Å². The first kappa shape index (κ1) is 8.27. The van der Waals surface area contributed by atoms with Gasteiger partial charge in [-0.1, -0.05) is 17.6 Å². The summed E-state index contributed by atoms with van der Waals surface area (Å²) in [5, 5.41) is 0. The van der Waals surface area contributed by atoms with Crippen molar-refractivity contribution in [2.24, 2.45) is 0 Å². The van der Waals surface area contributed by atoms with Gasteiger partial charge in [-0.2, -0.15) is 0 Å². The maximum atomic E-state index is 12.8. The molecule has 0 aliphatic heterocycles. The summed E-state index contributed by atoms with van der Waals surface area (Å²) >= 11 is 0. The van der Waals surface area contributed by atoms with E-state index in [-0.39, 0.29) is 12.4 Å². The maximum Gasteiger partial charge on any atom is 0.128 e. The molecule has 1 aromatic carbocycles. The van der Waals surface area contributed by atoms with Gasteiger partial charge in [0.05, 0.1) is 6.61 Å². The fourth-order valence-electron chi connectivity index (χ4n) is 0.861. The van der Waals surface area contributed by atoms with Crippen molar-refractivity contribution in [2.45, 2.75) is 6.61 Å². The van der Waals surface area contributed by atoms with E-state index in [1.54, 1.807) is 6.07 Å². The van der Waals surface area contributed by atoms with Crippen LogP contribution in [0.4, 0.5) is 4.39 Å². The van der Waals surface area contributed by atoms with Gasteiger partial charge < -0.3 is 4.74 Å². The minimum absolute atomic E-state index is 0.261. The molecule has 11 heavy (non-hydrogen) atoms. The molecule has 0 N–H and O–H groups in total. The smallest absolute Gasteiger partial charge is 0.128 e. The number of hydrogen-bond acceptors (Lipinski definition) is 1. The Morgan fingerprint density at radius 3 is 2.91 bits per heavy atom. The van der Waals surface area contributed by atoms with E-state index in [1.807, 2.05) is 0 Å². The number of benzene rings is 1. The number of halogens is 1. The van der Waals surface area contributed by atoms with Crippen LogP contribution in [0.2, 0.25) is 0 Å². The van der Waals surface area contributed by atoms with Gasteiger partial charge in [0.1, 0.15) is 13.7 Å². The topological polar surface area (TPSA) is 9.23 Å². The third-order valence-electron chi connectivity index (χ3n) is 1.37. The summed E-state index contributed by atoms with van der Waals surface area (Å²) in [4.78, 5) is 0. The van der Waals surface area contributed by atoms with E-state index in [2.05, 4.69) is 0 Å². The third-order valence-corrected chi connectivity index (χ3v) is 1.37. The normalized spacial score (nSPS) is 10.0. The number of hydrogen-bond donors (Lipinski definition) is 0. The van der Waals surface area contributed by atoms with Crippen LogP contribution in [-0.4, -0.2) is 15.0 Å². The van der Waals surface area contributed by atoms with Crippen LogP contribution in [-0.2, 0) is 11.3 Å². The second-order valence-electron chi connectivity index (χ2n) is 2.28. The lowest BCUT2D eigenvalue weighted by molar-refractivity contribution is 0.181. The summed E-state index contributed by atoms with van der Waals surface area (Å²) in [5.74, 6) is -0.277. The van der Waals surface area contributed by atoms with E-state index in [9.17, 15) is 4.39 Å². The summed E-state index contributed by atoms with van der Waals surface area (Å²) in [5.41, 5.74) is 1.05. The zero-order valence-corrected chi connectivity index (χ0v) is 6.30. The van der Waals surface area contributed by atoms with Crippen molar-refractivity contribution >= 4 is 13.3 Å². The van der Waals surface area contributed by atoms with Crippen molar-refractivity contribution in [3.05, 3.63) is 29.6 Å². The molecule has 0 heterocycles. The molecule has 1 nitrogen and oxygen atoms in total. The zero-order valence-electron chi connectivity index (χ0n) is 6.30. The summed E-state index contributed by atoms with van der Waals surface area (Å²) < 4.78 is 17.6. The summed E-state index contributed by atoms with van der Waals surface area (Å²) in [6.07, 6.45) is 0. The first-order valence-corrected chi connectivity index (χ1v) is 3.27. The highest BCUT2D eigenvalue weighted by atomic mass is 19.1. The molecule has 0 aliphatic carbocycles. The average molecular weight is 150 g/mol.